The summed E-state index contributed by atoms with van der Waals surface area (Å²) in [6, 6.07) is 6.25. The van der Waals surface area contributed by atoms with Crippen molar-refractivity contribution in [3.8, 4) is 6.07 Å². The topological polar surface area (TPSA) is 84.6 Å². The molecule has 5 nitrogen and oxygen atoms in total. The summed E-state index contributed by atoms with van der Waals surface area (Å²) in [5.41, 5.74) is 9.36. The van der Waals surface area contributed by atoms with Crippen LogP contribution in [0.4, 0.5) is 4.39 Å². The first kappa shape index (κ1) is 14.0. The number of nitriles is 1. The molecule has 0 saturated heterocycles. The largest absolute Gasteiger partial charge is 0.298 e. The lowest BCUT2D eigenvalue weighted by Crippen LogP contribution is -2.21. The summed E-state index contributed by atoms with van der Waals surface area (Å²) in [6.45, 7) is 2.62. The van der Waals surface area contributed by atoms with Gasteiger partial charge in [-0.05, 0) is 42.6 Å². The molecule has 6 heteroatoms. The number of hydrogen-bond acceptors (Lipinski definition) is 3. The van der Waals surface area contributed by atoms with Crippen LogP contribution in [0.1, 0.15) is 23.6 Å². The molecule has 0 aliphatic carbocycles. The monoisotopic (exact) mass is 247 g/mol. The normalized spacial score (nSPS) is 11.4. The Kier molecular flexibility index (Phi) is 5.65. The van der Waals surface area contributed by atoms with Crippen molar-refractivity contribution in [1.29, 1.82) is 5.26 Å². The Morgan fingerprint density at radius 3 is 3.00 bits per heavy atom. The van der Waals surface area contributed by atoms with E-state index in [9.17, 15) is 4.39 Å². The van der Waals surface area contributed by atoms with Crippen LogP contribution in [-0.4, -0.2) is 13.1 Å². The molecule has 1 aromatic carbocycles. The van der Waals surface area contributed by atoms with Crippen molar-refractivity contribution in [2.24, 2.45) is 5.11 Å². The second kappa shape index (κ2) is 7.28. The molecule has 94 valence electrons. The van der Waals surface area contributed by atoms with Crippen molar-refractivity contribution in [3.05, 3.63) is 45.6 Å². The van der Waals surface area contributed by atoms with Crippen molar-refractivity contribution in [2.45, 2.75) is 19.4 Å². The highest BCUT2D eigenvalue weighted by Crippen LogP contribution is 2.16. The first-order valence-corrected chi connectivity index (χ1v) is 5.59. The number of rotatable bonds is 6. The van der Waals surface area contributed by atoms with Crippen molar-refractivity contribution in [2.75, 3.05) is 13.1 Å². The average Bonchev–Trinajstić information content (AvgIpc) is 2.37. The van der Waals surface area contributed by atoms with Crippen LogP contribution in [0.3, 0.4) is 0 Å². The van der Waals surface area contributed by atoms with Gasteiger partial charge in [-0.1, -0.05) is 17.2 Å². The maximum atomic E-state index is 13.1. The number of hydrogen-bond donors (Lipinski definition) is 1. The first-order valence-electron chi connectivity index (χ1n) is 5.59. The minimum atomic E-state index is -0.477. The average molecular weight is 247 g/mol. The molecule has 0 fully saturated rings. The SMILES string of the molecule is Cc1cc(C(C#N)NCCCN=[N+]=[N-])ccc1F. The third-order valence-corrected chi connectivity index (χ3v) is 2.49. The fourth-order valence-corrected chi connectivity index (χ4v) is 1.53. The Balaban J connectivity index is 2.58. The molecule has 1 atom stereocenters. The maximum absolute atomic E-state index is 13.1. The summed E-state index contributed by atoms with van der Waals surface area (Å²) < 4.78 is 13.1. The number of benzene rings is 1. The van der Waals surface area contributed by atoms with Gasteiger partial charge in [-0.2, -0.15) is 5.26 Å². The van der Waals surface area contributed by atoms with E-state index in [0.717, 1.165) is 5.56 Å². The molecule has 1 unspecified atom stereocenters. The third-order valence-electron chi connectivity index (χ3n) is 2.49. The zero-order valence-corrected chi connectivity index (χ0v) is 10.1. The van der Waals surface area contributed by atoms with E-state index < -0.39 is 6.04 Å². The van der Waals surface area contributed by atoms with Gasteiger partial charge in [-0.3, -0.25) is 5.32 Å². The molecule has 1 aromatic rings. The van der Waals surface area contributed by atoms with Gasteiger partial charge in [-0.15, -0.1) is 0 Å². The fourth-order valence-electron chi connectivity index (χ4n) is 1.53. The molecule has 0 aromatic heterocycles. The van der Waals surface area contributed by atoms with E-state index in [1.54, 1.807) is 19.1 Å². The Morgan fingerprint density at radius 2 is 2.39 bits per heavy atom. The van der Waals surface area contributed by atoms with Gasteiger partial charge >= 0.3 is 0 Å². The van der Waals surface area contributed by atoms with Crippen LogP contribution in [0, 0.1) is 24.1 Å². The molecule has 1 N–H and O–H groups in total. The molecule has 0 radical (unpaired) electrons. The fraction of sp³-hybridized carbons (Fsp3) is 0.417. The van der Waals surface area contributed by atoms with E-state index in [1.807, 2.05) is 0 Å². The van der Waals surface area contributed by atoms with Crippen LogP contribution in [0.15, 0.2) is 23.3 Å². The maximum Gasteiger partial charge on any atom is 0.126 e. The predicted molar refractivity (Wildman–Crippen MR) is 66.1 cm³/mol. The van der Waals surface area contributed by atoms with Crippen LogP contribution in [0.2, 0.25) is 0 Å². The van der Waals surface area contributed by atoms with Gasteiger partial charge in [0.1, 0.15) is 11.9 Å². The van der Waals surface area contributed by atoms with E-state index in [1.165, 1.54) is 6.07 Å². The highest BCUT2D eigenvalue weighted by molar-refractivity contribution is 5.29. The first-order chi connectivity index (χ1) is 8.69. The molecule has 1 rings (SSSR count). The van der Waals surface area contributed by atoms with Gasteiger partial charge in [0.2, 0.25) is 0 Å². The summed E-state index contributed by atoms with van der Waals surface area (Å²) in [4.78, 5) is 2.64. The Morgan fingerprint density at radius 1 is 1.61 bits per heavy atom. The minimum Gasteiger partial charge on any atom is -0.298 e. The molecule has 0 aliphatic rings. The second-order valence-corrected chi connectivity index (χ2v) is 3.83. The molecule has 0 spiro atoms. The van der Waals surface area contributed by atoms with Gasteiger partial charge in [0.15, 0.2) is 0 Å². The van der Waals surface area contributed by atoms with Crippen LogP contribution >= 0.6 is 0 Å². The van der Waals surface area contributed by atoms with E-state index in [0.29, 0.717) is 25.1 Å². The zero-order valence-electron chi connectivity index (χ0n) is 10.1. The molecule has 18 heavy (non-hydrogen) atoms. The van der Waals surface area contributed by atoms with E-state index in [2.05, 4.69) is 21.4 Å². The Labute approximate surface area is 105 Å². The smallest absolute Gasteiger partial charge is 0.126 e. The lowest BCUT2D eigenvalue weighted by molar-refractivity contribution is 0.597. The number of nitrogens with one attached hydrogen (secondary N) is 1. The van der Waals surface area contributed by atoms with E-state index >= 15 is 0 Å². The number of nitrogens with zero attached hydrogens (tertiary/aromatic N) is 4. The molecule has 0 aliphatic heterocycles. The van der Waals surface area contributed by atoms with Crippen molar-refractivity contribution < 1.29 is 4.39 Å². The molecule has 0 heterocycles. The molecule has 0 saturated carbocycles. The van der Waals surface area contributed by atoms with Crippen molar-refractivity contribution in [3.63, 3.8) is 0 Å². The molecule has 0 amide bonds. The Hall–Kier alpha value is -2.09. The highest BCUT2D eigenvalue weighted by atomic mass is 19.1. The molecular weight excluding hydrogens is 233 g/mol. The van der Waals surface area contributed by atoms with Crippen LogP contribution in [-0.2, 0) is 0 Å². The second-order valence-electron chi connectivity index (χ2n) is 3.83. The van der Waals surface area contributed by atoms with Crippen LogP contribution < -0.4 is 5.32 Å². The van der Waals surface area contributed by atoms with Gasteiger partial charge in [0.05, 0.1) is 6.07 Å². The van der Waals surface area contributed by atoms with Crippen LogP contribution in [0.25, 0.3) is 10.4 Å². The van der Waals surface area contributed by atoms with Crippen molar-refractivity contribution >= 4 is 0 Å². The van der Waals surface area contributed by atoms with Crippen LogP contribution in [0.5, 0.6) is 0 Å². The zero-order chi connectivity index (χ0) is 13.4. The van der Waals surface area contributed by atoms with Gasteiger partial charge in [0, 0.05) is 11.5 Å². The van der Waals surface area contributed by atoms with E-state index in [-0.39, 0.29) is 5.82 Å². The predicted octanol–water partition coefficient (Wildman–Crippen LogP) is 2.99. The lowest BCUT2D eigenvalue weighted by Gasteiger charge is -2.12. The quantitative estimate of drug-likeness (QED) is 0.362. The Bertz CT molecular complexity index is 488. The van der Waals surface area contributed by atoms with Gasteiger partial charge in [-0.25, -0.2) is 4.39 Å². The summed E-state index contributed by atoms with van der Waals surface area (Å²) in [6.07, 6.45) is 0.655. The van der Waals surface area contributed by atoms with Gasteiger partial charge < -0.3 is 0 Å². The standard InChI is InChI=1S/C12H14FN5/c1-9-7-10(3-4-11(9)13)12(8-14)16-5-2-6-17-18-15/h3-4,7,12,16H,2,5-6H2,1H3. The number of halogens is 1. The lowest BCUT2D eigenvalue weighted by atomic mass is 10.0. The molecular formula is C12H14FN5. The van der Waals surface area contributed by atoms with E-state index in [4.69, 9.17) is 10.8 Å². The summed E-state index contributed by atoms with van der Waals surface area (Å²) in [5, 5.41) is 15.5. The number of aryl methyl sites for hydroxylation is 1. The van der Waals surface area contributed by atoms with Crippen molar-refractivity contribution in [1.82, 2.24) is 5.32 Å². The summed E-state index contributed by atoms with van der Waals surface area (Å²) in [7, 11) is 0. The molecule has 0 bridgehead atoms. The number of azide groups is 1. The third kappa shape index (κ3) is 4.06. The minimum absolute atomic E-state index is 0.279. The van der Waals surface area contributed by atoms with Gasteiger partial charge in [0.25, 0.3) is 0 Å². The summed E-state index contributed by atoms with van der Waals surface area (Å²) >= 11 is 0. The highest BCUT2D eigenvalue weighted by Gasteiger charge is 2.10. The summed E-state index contributed by atoms with van der Waals surface area (Å²) in [5.74, 6) is -0.279.